The Morgan fingerprint density at radius 1 is 1.24 bits per heavy atom. The molecular formula is C25H31N3O5. The molecule has 0 radical (unpaired) electrons. The van der Waals surface area contributed by atoms with Gasteiger partial charge in [0, 0.05) is 51.2 Å². The Hall–Kier alpha value is -3.26. The number of rotatable bonds is 9. The predicted molar refractivity (Wildman–Crippen MR) is 124 cm³/mol. The summed E-state index contributed by atoms with van der Waals surface area (Å²) in [5, 5.41) is 2.57. The van der Waals surface area contributed by atoms with E-state index >= 15 is 0 Å². The topological polar surface area (TPSA) is 97.8 Å². The first-order valence-electron chi connectivity index (χ1n) is 11.2. The first kappa shape index (κ1) is 24.4. The number of hydrogen-bond donors (Lipinski definition) is 1. The molecule has 1 atom stereocenters. The quantitative estimate of drug-likeness (QED) is 0.586. The van der Waals surface area contributed by atoms with Crippen LogP contribution in [0.25, 0.3) is 0 Å². The number of morpholine rings is 1. The summed E-state index contributed by atoms with van der Waals surface area (Å²) >= 11 is 0. The minimum absolute atomic E-state index is 0.0430. The molecule has 1 N–H and O–H groups in total. The molecule has 1 aliphatic heterocycles. The number of nitrogens with one attached hydrogen (secondary N) is 1. The van der Waals surface area contributed by atoms with Gasteiger partial charge in [-0.1, -0.05) is 12.1 Å². The van der Waals surface area contributed by atoms with Crippen LogP contribution < -0.4 is 10.1 Å². The smallest absolute Gasteiger partial charge is 0.269 e. The summed E-state index contributed by atoms with van der Waals surface area (Å²) in [5.41, 5.74) is 2.30. The van der Waals surface area contributed by atoms with Gasteiger partial charge in [0.25, 0.3) is 5.91 Å². The van der Waals surface area contributed by atoms with E-state index in [-0.39, 0.29) is 29.4 Å². The molecule has 1 fully saturated rings. The first-order valence-corrected chi connectivity index (χ1v) is 11.2. The van der Waals surface area contributed by atoms with Crippen LogP contribution in [-0.4, -0.2) is 67.4 Å². The van der Waals surface area contributed by atoms with Crippen molar-refractivity contribution in [1.29, 1.82) is 0 Å². The van der Waals surface area contributed by atoms with E-state index in [0.717, 1.165) is 11.3 Å². The third-order valence-electron chi connectivity index (χ3n) is 5.69. The number of pyridine rings is 1. The Morgan fingerprint density at radius 2 is 2.06 bits per heavy atom. The number of carbonyl (C=O) groups is 3. The number of ether oxygens (including phenoxy) is 2. The van der Waals surface area contributed by atoms with Gasteiger partial charge < -0.3 is 19.7 Å². The van der Waals surface area contributed by atoms with Gasteiger partial charge in [-0.3, -0.25) is 14.4 Å². The predicted octanol–water partition coefficient (Wildman–Crippen LogP) is 2.64. The summed E-state index contributed by atoms with van der Waals surface area (Å²) in [6, 6.07) is 10.9. The summed E-state index contributed by atoms with van der Waals surface area (Å²) in [6.45, 7) is 3.25. The first-order chi connectivity index (χ1) is 15.9. The maximum Gasteiger partial charge on any atom is 0.269 e. The molecule has 0 bridgehead atoms. The molecule has 0 spiro atoms. The van der Waals surface area contributed by atoms with Crippen LogP contribution in [0.4, 0.5) is 0 Å². The molecule has 1 unspecified atom stereocenters. The van der Waals surface area contributed by atoms with E-state index in [1.54, 1.807) is 31.1 Å². The second-order valence-electron chi connectivity index (χ2n) is 8.11. The SMILES string of the molecule is CNC(=O)c1cc(C(=O)CCCC2CN(C(C)=O)CCO2)cc(Cc2cccc(OC)c2)n1. The average Bonchev–Trinajstić information content (AvgIpc) is 2.83. The van der Waals surface area contributed by atoms with Crippen molar-refractivity contribution < 1.29 is 23.9 Å². The number of nitrogens with zero attached hydrogens (tertiary/aromatic N) is 2. The fourth-order valence-electron chi connectivity index (χ4n) is 3.89. The number of amides is 2. The third kappa shape index (κ3) is 6.86. The molecule has 176 valence electrons. The lowest BCUT2D eigenvalue weighted by atomic mass is 10.0. The van der Waals surface area contributed by atoms with Gasteiger partial charge in [0.15, 0.2) is 5.78 Å². The Kier molecular flexibility index (Phi) is 8.54. The number of methoxy groups -OCH3 is 1. The molecule has 1 aromatic carbocycles. The fraction of sp³-hybridized carbons (Fsp3) is 0.440. The Labute approximate surface area is 194 Å². The monoisotopic (exact) mass is 453 g/mol. The minimum atomic E-state index is -0.337. The number of Topliss-reactive ketones (excluding diaryl/α,β-unsaturated/α-hetero) is 1. The lowest BCUT2D eigenvalue weighted by Crippen LogP contribution is -2.44. The van der Waals surface area contributed by atoms with Crippen LogP contribution in [0, 0.1) is 0 Å². The van der Waals surface area contributed by atoms with Gasteiger partial charge in [0.05, 0.1) is 19.8 Å². The molecule has 2 amide bonds. The molecule has 3 rings (SSSR count). The molecule has 8 nitrogen and oxygen atoms in total. The highest BCUT2D eigenvalue weighted by Gasteiger charge is 2.22. The molecule has 2 heterocycles. The molecule has 33 heavy (non-hydrogen) atoms. The van der Waals surface area contributed by atoms with E-state index in [1.165, 1.54) is 7.05 Å². The van der Waals surface area contributed by atoms with Gasteiger partial charge in [-0.2, -0.15) is 0 Å². The van der Waals surface area contributed by atoms with Crippen molar-refractivity contribution in [1.82, 2.24) is 15.2 Å². The zero-order chi connectivity index (χ0) is 23.8. The van der Waals surface area contributed by atoms with E-state index in [4.69, 9.17) is 9.47 Å². The van der Waals surface area contributed by atoms with E-state index < -0.39 is 0 Å². The van der Waals surface area contributed by atoms with Gasteiger partial charge >= 0.3 is 0 Å². The van der Waals surface area contributed by atoms with Crippen molar-refractivity contribution in [2.24, 2.45) is 0 Å². The van der Waals surface area contributed by atoms with Crippen LogP contribution in [0.5, 0.6) is 5.75 Å². The van der Waals surface area contributed by atoms with Crippen LogP contribution in [0.3, 0.4) is 0 Å². The Balaban J connectivity index is 1.68. The van der Waals surface area contributed by atoms with Crippen molar-refractivity contribution in [3.8, 4) is 5.75 Å². The molecule has 1 aromatic heterocycles. The normalized spacial score (nSPS) is 15.7. The molecule has 1 saturated heterocycles. The Bertz CT molecular complexity index is 1010. The van der Waals surface area contributed by atoms with Crippen LogP contribution in [0.2, 0.25) is 0 Å². The summed E-state index contributed by atoms with van der Waals surface area (Å²) in [6.07, 6.45) is 2.07. The largest absolute Gasteiger partial charge is 0.497 e. The van der Waals surface area contributed by atoms with E-state index in [9.17, 15) is 14.4 Å². The van der Waals surface area contributed by atoms with Crippen molar-refractivity contribution in [3.63, 3.8) is 0 Å². The second kappa shape index (κ2) is 11.6. The zero-order valence-electron chi connectivity index (χ0n) is 19.4. The summed E-state index contributed by atoms with van der Waals surface area (Å²) in [7, 11) is 3.14. The van der Waals surface area contributed by atoms with E-state index in [0.29, 0.717) is 56.6 Å². The average molecular weight is 454 g/mol. The molecule has 0 saturated carbocycles. The fourth-order valence-corrected chi connectivity index (χ4v) is 3.89. The molecule has 8 heteroatoms. The number of hydrogen-bond acceptors (Lipinski definition) is 6. The highest BCUT2D eigenvalue weighted by Crippen LogP contribution is 2.19. The summed E-state index contributed by atoms with van der Waals surface area (Å²) in [4.78, 5) is 43.0. The minimum Gasteiger partial charge on any atom is -0.497 e. The van der Waals surface area contributed by atoms with Crippen molar-refractivity contribution in [2.45, 2.75) is 38.7 Å². The number of aromatic nitrogens is 1. The lowest BCUT2D eigenvalue weighted by molar-refractivity contribution is -0.136. The zero-order valence-corrected chi connectivity index (χ0v) is 19.4. The highest BCUT2D eigenvalue weighted by molar-refractivity contribution is 5.99. The number of benzene rings is 1. The van der Waals surface area contributed by atoms with Crippen LogP contribution in [0.1, 0.15) is 58.3 Å². The number of carbonyl (C=O) groups excluding carboxylic acids is 3. The third-order valence-corrected chi connectivity index (χ3v) is 5.69. The molecule has 1 aliphatic rings. The van der Waals surface area contributed by atoms with Crippen LogP contribution in [0.15, 0.2) is 36.4 Å². The standard InChI is InChI=1S/C25H31N3O5/c1-17(29)28-10-11-33-22(16-28)8-5-9-24(30)19-14-20(27-23(15-19)25(31)26-2)12-18-6-4-7-21(13-18)32-3/h4,6-7,13-15,22H,5,8-12,16H2,1-3H3,(H,26,31). The molecule has 0 aliphatic carbocycles. The van der Waals surface area contributed by atoms with E-state index in [2.05, 4.69) is 10.3 Å². The lowest BCUT2D eigenvalue weighted by Gasteiger charge is -2.32. The second-order valence-corrected chi connectivity index (χ2v) is 8.11. The Morgan fingerprint density at radius 3 is 2.79 bits per heavy atom. The van der Waals surface area contributed by atoms with E-state index in [1.807, 2.05) is 24.3 Å². The summed E-state index contributed by atoms with van der Waals surface area (Å²) in [5.74, 6) is 0.395. The summed E-state index contributed by atoms with van der Waals surface area (Å²) < 4.78 is 11.0. The van der Waals surface area contributed by atoms with Crippen LogP contribution in [-0.2, 0) is 16.0 Å². The highest BCUT2D eigenvalue weighted by atomic mass is 16.5. The van der Waals surface area contributed by atoms with Gasteiger partial charge in [-0.05, 0) is 42.7 Å². The van der Waals surface area contributed by atoms with Crippen LogP contribution >= 0.6 is 0 Å². The van der Waals surface area contributed by atoms with Crippen molar-refractivity contribution in [3.05, 3.63) is 58.9 Å². The van der Waals surface area contributed by atoms with Gasteiger partial charge in [-0.25, -0.2) is 4.98 Å². The molecule has 2 aromatic rings. The van der Waals surface area contributed by atoms with Gasteiger partial charge in [0.1, 0.15) is 11.4 Å². The molecular weight excluding hydrogens is 422 g/mol. The maximum absolute atomic E-state index is 12.9. The van der Waals surface area contributed by atoms with Gasteiger partial charge in [0.2, 0.25) is 5.91 Å². The number of ketones is 1. The van der Waals surface area contributed by atoms with Crippen molar-refractivity contribution >= 4 is 17.6 Å². The van der Waals surface area contributed by atoms with Gasteiger partial charge in [-0.15, -0.1) is 0 Å². The maximum atomic E-state index is 12.9. The van der Waals surface area contributed by atoms with Crippen molar-refractivity contribution in [2.75, 3.05) is 33.9 Å².